The summed E-state index contributed by atoms with van der Waals surface area (Å²) in [6.45, 7) is 6.18. The van der Waals surface area contributed by atoms with Crippen molar-refractivity contribution in [2.24, 2.45) is 18.4 Å². The van der Waals surface area contributed by atoms with Gasteiger partial charge in [-0.3, -0.25) is 39.0 Å². The lowest BCUT2D eigenvalue weighted by molar-refractivity contribution is -0.136. The highest BCUT2D eigenvalue weighted by atomic mass is 35.5. The smallest absolute Gasteiger partial charge is 0.293 e. The Kier molecular flexibility index (Phi) is 9.74. The number of amides is 5. The molecule has 0 saturated carbocycles. The maximum Gasteiger partial charge on any atom is 0.293 e. The number of carbonyl (C=O) groups excluding carboxylic acids is 5. The molecule has 9 rings (SSSR count). The number of nitrogens with zero attached hydrogens (tertiary/aromatic N) is 7. The molecule has 4 fully saturated rings. The van der Waals surface area contributed by atoms with Crippen LogP contribution in [0, 0.1) is 11.3 Å². The van der Waals surface area contributed by atoms with E-state index >= 15 is 0 Å². The van der Waals surface area contributed by atoms with E-state index in [0.29, 0.717) is 45.0 Å². The highest BCUT2D eigenvalue weighted by Crippen LogP contribution is 2.43. The van der Waals surface area contributed by atoms with Gasteiger partial charge in [-0.25, -0.2) is 4.98 Å². The number of anilines is 4. The molecule has 2 aromatic heterocycles. The number of ether oxygens (including phenoxy) is 1. The van der Waals surface area contributed by atoms with Crippen molar-refractivity contribution >= 4 is 75.2 Å². The van der Waals surface area contributed by atoms with Gasteiger partial charge in [0.15, 0.2) is 18.2 Å². The van der Waals surface area contributed by atoms with Gasteiger partial charge in [-0.1, -0.05) is 11.6 Å². The molecule has 1 atom stereocenters. The van der Waals surface area contributed by atoms with Crippen LogP contribution in [0.2, 0.25) is 5.02 Å². The number of rotatable bonds is 10. The number of imide groups is 2. The molecule has 1 unspecified atom stereocenters. The molecule has 0 bridgehead atoms. The highest BCUT2D eigenvalue weighted by Gasteiger charge is 2.52. The zero-order chi connectivity index (χ0) is 41.2. The van der Waals surface area contributed by atoms with Crippen LogP contribution in [-0.2, 0) is 21.4 Å². The molecule has 1 spiro atoms. The Balaban J connectivity index is 0.762. The van der Waals surface area contributed by atoms with Crippen molar-refractivity contribution in [3.8, 4) is 5.75 Å². The number of nitrogens with one attached hydrogen (secondary N) is 3. The van der Waals surface area contributed by atoms with Crippen molar-refractivity contribution in [1.29, 1.82) is 0 Å². The van der Waals surface area contributed by atoms with Crippen LogP contribution in [0.1, 0.15) is 46.4 Å². The van der Waals surface area contributed by atoms with Gasteiger partial charge in [-0.2, -0.15) is 4.98 Å². The highest BCUT2D eigenvalue weighted by molar-refractivity contribution is 6.33. The Morgan fingerprint density at radius 3 is 2.46 bits per heavy atom. The number of aryl methyl sites for hydroxylation is 1. The summed E-state index contributed by atoms with van der Waals surface area (Å²) in [7, 11) is 3.16. The topological polar surface area (TPSA) is 191 Å². The molecule has 7 heterocycles. The number of fused-ring (bicyclic) bond motifs is 2. The number of likely N-dealkylation sites (tertiary alicyclic amines) is 1. The van der Waals surface area contributed by atoms with Gasteiger partial charge >= 0.3 is 0 Å². The zero-order valence-corrected chi connectivity index (χ0v) is 33.4. The number of likely N-dealkylation sites (N-methyl/N-ethyl adjacent to an activating group) is 1. The fourth-order valence-corrected chi connectivity index (χ4v) is 9.24. The molecule has 18 heteroatoms. The lowest BCUT2D eigenvalue weighted by Gasteiger charge is -2.61. The number of hydrogen-bond donors (Lipinski definition) is 3. The first-order valence-corrected chi connectivity index (χ1v) is 20.1. The van der Waals surface area contributed by atoms with E-state index in [4.69, 9.17) is 21.3 Å². The van der Waals surface area contributed by atoms with Crippen molar-refractivity contribution in [1.82, 2.24) is 35.0 Å². The van der Waals surface area contributed by atoms with Gasteiger partial charge in [0.2, 0.25) is 17.8 Å². The predicted octanol–water partition coefficient (Wildman–Crippen LogP) is 2.29. The molecule has 59 heavy (non-hydrogen) atoms. The number of benzene rings is 2. The Morgan fingerprint density at radius 1 is 0.949 bits per heavy atom. The van der Waals surface area contributed by atoms with Crippen LogP contribution in [0.3, 0.4) is 0 Å². The molecule has 17 nitrogen and oxygen atoms in total. The van der Waals surface area contributed by atoms with Gasteiger partial charge in [0.05, 0.1) is 22.8 Å². The number of pyridine rings is 1. The second-order valence-corrected chi connectivity index (χ2v) is 16.6. The molecule has 306 valence electrons. The monoisotopic (exact) mass is 822 g/mol. The van der Waals surface area contributed by atoms with Crippen LogP contribution in [0.25, 0.3) is 10.9 Å². The normalized spacial score (nSPS) is 20.4. The van der Waals surface area contributed by atoms with Crippen LogP contribution < -0.4 is 36.0 Å². The third-order valence-electron chi connectivity index (χ3n) is 12.2. The minimum atomic E-state index is -0.977. The standard InChI is InChI=1S/C41H43ClN10O7/c1-43-34(54)18-59-32-14-24-13-25(3-6-30(24)48(2)39(32)58)45-35-29(42)16-44-40(47-35)50-11-9-23(10-12-50)17-49-19-41(20-49)21-51(22-41)26-4-5-27-28(15-26)38(57)52(37(27)56)31-7-8-33(53)46-36(31)55/h3-6,13-16,23,31H,7-12,17-22H2,1-2H3,(H,43,54)(H,44,45,47)(H,46,53,55). The minimum absolute atomic E-state index is 0.0737. The first-order valence-electron chi connectivity index (χ1n) is 19.7. The number of hydrogen-bond acceptors (Lipinski definition) is 13. The summed E-state index contributed by atoms with van der Waals surface area (Å²) >= 11 is 6.55. The number of aromatic nitrogens is 3. The second kappa shape index (κ2) is 14.9. The summed E-state index contributed by atoms with van der Waals surface area (Å²) in [5, 5.41) is 9.13. The average Bonchev–Trinajstić information content (AvgIpc) is 3.44. The van der Waals surface area contributed by atoms with Gasteiger partial charge < -0.3 is 34.6 Å². The summed E-state index contributed by atoms with van der Waals surface area (Å²) in [5.74, 6) is -0.640. The van der Waals surface area contributed by atoms with Gasteiger partial charge in [-0.15, -0.1) is 0 Å². The van der Waals surface area contributed by atoms with E-state index in [-0.39, 0.29) is 42.1 Å². The molecular weight excluding hydrogens is 780 g/mol. The van der Waals surface area contributed by atoms with Gasteiger partial charge in [0, 0.05) is 88.5 Å². The van der Waals surface area contributed by atoms with E-state index in [0.717, 1.165) is 74.6 Å². The SMILES string of the molecule is CNC(=O)COc1cc2cc(Nc3nc(N4CCC(CN5CC6(C5)CN(c5ccc7c(c5)C(=O)N(C5CCC(=O)NC5=O)C7=O)C6)CC4)ncc3Cl)ccc2n(C)c1=O. The van der Waals surface area contributed by atoms with Crippen molar-refractivity contribution < 1.29 is 28.7 Å². The molecule has 5 amide bonds. The number of carbonyl (C=O) groups is 5. The minimum Gasteiger partial charge on any atom is -0.478 e. The Labute approximate surface area is 343 Å². The summed E-state index contributed by atoms with van der Waals surface area (Å²) in [4.78, 5) is 92.3. The molecule has 5 aliphatic rings. The van der Waals surface area contributed by atoms with Crippen LogP contribution in [0.4, 0.5) is 23.1 Å². The molecular formula is C41H43ClN10O7. The van der Waals surface area contributed by atoms with E-state index in [2.05, 4.69) is 35.6 Å². The maximum atomic E-state index is 13.3. The van der Waals surface area contributed by atoms with E-state index in [1.54, 1.807) is 31.4 Å². The number of piperidine rings is 2. The summed E-state index contributed by atoms with van der Waals surface area (Å²) in [5.41, 5.74) is 2.76. The Hall–Kier alpha value is -6.07. The zero-order valence-electron chi connectivity index (χ0n) is 32.6. The van der Waals surface area contributed by atoms with Gasteiger partial charge in [-0.05, 0) is 67.6 Å². The van der Waals surface area contributed by atoms with Crippen LogP contribution >= 0.6 is 11.6 Å². The Morgan fingerprint density at radius 2 is 1.71 bits per heavy atom. The summed E-state index contributed by atoms with van der Waals surface area (Å²) in [6.07, 6.45) is 3.84. The largest absolute Gasteiger partial charge is 0.478 e. The van der Waals surface area contributed by atoms with Crippen molar-refractivity contribution in [3.63, 3.8) is 0 Å². The quantitative estimate of drug-likeness (QED) is 0.198. The van der Waals surface area contributed by atoms with Crippen LogP contribution in [0.5, 0.6) is 5.75 Å². The lowest BCUT2D eigenvalue weighted by Crippen LogP contribution is -2.72. The third-order valence-corrected chi connectivity index (χ3v) is 12.5. The van der Waals surface area contributed by atoms with Crippen LogP contribution in [-0.4, -0.2) is 119 Å². The van der Waals surface area contributed by atoms with E-state index in [1.165, 1.54) is 11.6 Å². The lowest BCUT2D eigenvalue weighted by atomic mass is 9.72. The van der Waals surface area contributed by atoms with E-state index < -0.39 is 29.7 Å². The fraction of sp³-hybridized carbons (Fsp3) is 0.415. The van der Waals surface area contributed by atoms with Gasteiger partial charge in [0.1, 0.15) is 11.1 Å². The second-order valence-electron chi connectivity index (χ2n) is 16.2. The molecule has 5 aliphatic heterocycles. The Bertz CT molecular complexity index is 2490. The van der Waals surface area contributed by atoms with E-state index in [1.807, 2.05) is 24.3 Å². The molecule has 4 aromatic rings. The molecule has 3 N–H and O–H groups in total. The first-order chi connectivity index (χ1) is 28.4. The third kappa shape index (κ3) is 7.11. The van der Waals surface area contributed by atoms with Gasteiger partial charge in [0.25, 0.3) is 23.3 Å². The fourth-order valence-electron chi connectivity index (χ4n) is 9.10. The van der Waals surface area contributed by atoms with E-state index in [9.17, 15) is 28.8 Å². The molecule has 0 radical (unpaired) electrons. The maximum absolute atomic E-state index is 13.3. The molecule has 4 saturated heterocycles. The number of halogens is 1. The predicted molar refractivity (Wildman–Crippen MR) is 218 cm³/mol. The van der Waals surface area contributed by atoms with Crippen molar-refractivity contribution in [2.75, 3.05) is 74.6 Å². The molecule has 2 aromatic carbocycles. The first kappa shape index (κ1) is 38.4. The molecule has 0 aliphatic carbocycles. The average molecular weight is 823 g/mol. The summed E-state index contributed by atoms with van der Waals surface area (Å²) in [6, 6.07) is 11.5. The van der Waals surface area contributed by atoms with Crippen LogP contribution in [0.15, 0.2) is 53.5 Å². The van der Waals surface area contributed by atoms with Crippen molar-refractivity contribution in [3.05, 3.63) is 75.2 Å². The van der Waals surface area contributed by atoms with Crippen molar-refractivity contribution in [2.45, 2.75) is 31.7 Å². The summed E-state index contributed by atoms with van der Waals surface area (Å²) < 4.78 is 6.98.